The smallest absolute Gasteiger partial charge is 0.408 e. The fraction of sp³-hybridized carbons (Fsp3) is 0.211. The molecule has 1 aliphatic heterocycles. The molecule has 8 nitrogen and oxygen atoms in total. The van der Waals surface area contributed by atoms with Gasteiger partial charge in [0.15, 0.2) is 5.58 Å². The molecule has 4 heterocycles. The summed E-state index contributed by atoms with van der Waals surface area (Å²) in [7, 11) is 0. The molecule has 0 radical (unpaired) electrons. The van der Waals surface area contributed by atoms with Gasteiger partial charge in [0.2, 0.25) is 0 Å². The van der Waals surface area contributed by atoms with Gasteiger partial charge in [0.1, 0.15) is 5.65 Å². The van der Waals surface area contributed by atoms with Crippen molar-refractivity contribution in [2.24, 2.45) is 0 Å². The topological polar surface area (TPSA) is 84.8 Å². The lowest BCUT2D eigenvalue weighted by Crippen LogP contribution is -2.34. The van der Waals surface area contributed by atoms with Crippen molar-refractivity contribution < 1.29 is 9.21 Å². The monoisotopic (exact) mass is 363 g/mol. The molecule has 0 aliphatic carbocycles. The third kappa shape index (κ3) is 2.66. The van der Waals surface area contributed by atoms with Gasteiger partial charge < -0.3 is 19.0 Å². The maximum atomic E-state index is 12.6. The zero-order chi connectivity index (χ0) is 18.4. The van der Waals surface area contributed by atoms with Gasteiger partial charge in [-0.1, -0.05) is 12.1 Å². The van der Waals surface area contributed by atoms with E-state index in [4.69, 9.17) is 4.42 Å². The SMILES string of the molecule is O=C(Nc1ccn2ccnc2c1)N1CCC(n2c(=O)oc3ccccc32)C1. The molecule has 3 aromatic heterocycles. The van der Waals surface area contributed by atoms with Crippen molar-refractivity contribution in [3.05, 3.63) is 65.5 Å². The summed E-state index contributed by atoms with van der Waals surface area (Å²) in [5.74, 6) is -0.381. The first kappa shape index (κ1) is 15.7. The summed E-state index contributed by atoms with van der Waals surface area (Å²) in [5.41, 5.74) is 2.79. The molecule has 1 aromatic carbocycles. The molecular formula is C19H17N5O3. The minimum absolute atomic E-state index is 0.0957. The molecule has 2 amide bonds. The molecule has 1 aliphatic rings. The van der Waals surface area contributed by atoms with Gasteiger partial charge in [-0.25, -0.2) is 14.6 Å². The van der Waals surface area contributed by atoms with Crippen LogP contribution in [0.15, 0.2) is 64.2 Å². The third-order valence-electron chi connectivity index (χ3n) is 4.98. The highest BCUT2D eigenvalue weighted by molar-refractivity contribution is 5.90. The molecular weight excluding hydrogens is 346 g/mol. The summed E-state index contributed by atoms with van der Waals surface area (Å²) in [4.78, 5) is 30.8. The van der Waals surface area contributed by atoms with E-state index < -0.39 is 0 Å². The van der Waals surface area contributed by atoms with E-state index in [-0.39, 0.29) is 17.8 Å². The summed E-state index contributed by atoms with van der Waals surface area (Å²) in [6, 6.07) is 10.7. The highest BCUT2D eigenvalue weighted by Gasteiger charge is 2.30. The number of fused-ring (bicyclic) bond motifs is 2. The number of hydrogen-bond donors (Lipinski definition) is 1. The second-order valence-corrected chi connectivity index (χ2v) is 6.63. The van der Waals surface area contributed by atoms with Crippen molar-refractivity contribution in [3.8, 4) is 0 Å². The summed E-state index contributed by atoms with van der Waals surface area (Å²) in [6.07, 6.45) is 6.11. The van der Waals surface area contributed by atoms with Crippen LogP contribution >= 0.6 is 0 Å². The minimum atomic E-state index is -0.381. The molecule has 8 heteroatoms. The van der Waals surface area contributed by atoms with Gasteiger partial charge in [-0.15, -0.1) is 0 Å². The second-order valence-electron chi connectivity index (χ2n) is 6.63. The number of carbonyl (C=O) groups is 1. The van der Waals surface area contributed by atoms with E-state index in [0.29, 0.717) is 30.8 Å². The summed E-state index contributed by atoms with van der Waals surface area (Å²) < 4.78 is 8.84. The summed E-state index contributed by atoms with van der Waals surface area (Å²) in [6.45, 7) is 1.04. The number of pyridine rings is 1. The molecule has 27 heavy (non-hydrogen) atoms. The van der Waals surface area contributed by atoms with Crippen molar-refractivity contribution in [3.63, 3.8) is 0 Å². The molecule has 0 saturated carbocycles. The average Bonchev–Trinajstić information content (AvgIpc) is 3.38. The zero-order valence-corrected chi connectivity index (χ0v) is 14.4. The number of likely N-dealkylation sites (tertiary alicyclic amines) is 1. The summed E-state index contributed by atoms with van der Waals surface area (Å²) in [5, 5.41) is 2.91. The molecule has 136 valence electrons. The normalized spacial score (nSPS) is 17.0. The Balaban J connectivity index is 1.34. The van der Waals surface area contributed by atoms with E-state index in [0.717, 1.165) is 11.2 Å². The Kier molecular flexibility index (Phi) is 3.49. The number of rotatable bonds is 2. The van der Waals surface area contributed by atoms with Gasteiger partial charge in [0, 0.05) is 43.4 Å². The van der Waals surface area contributed by atoms with Gasteiger partial charge in [0.25, 0.3) is 0 Å². The number of para-hydroxylation sites is 2. The van der Waals surface area contributed by atoms with Crippen LogP contribution in [-0.4, -0.2) is 38.0 Å². The fourth-order valence-corrected chi connectivity index (χ4v) is 3.66. The van der Waals surface area contributed by atoms with Crippen LogP contribution in [0.1, 0.15) is 12.5 Å². The molecule has 4 aromatic rings. The molecule has 1 saturated heterocycles. The number of benzene rings is 1. The third-order valence-corrected chi connectivity index (χ3v) is 4.98. The van der Waals surface area contributed by atoms with E-state index in [1.807, 2.05) is 47.1 Å². The van der Waals surface area contributed by atoms with E-state index in [9.17, 15) is 9.59 Å². The predicted molar refractivity (Wildman–Crippen MR) is 99.9 cm³/mol. The Morgan fingerprint density at radius 2 is 2.11 bits per heavy atom. The second kappa shape index (κ2) is 6.01. The lowest BCUT2D eigenvalue weighted by atomic mass is 10.2. The molecule has 0 spiro atoms. The molecule has 1 fully saturated rings. The van der Waals surface area contributed by atoms with Crippen LogP contribution in [0, 0.1) is 0 Å². The highest BCUT2D eigenvalue weighted by atomic mass is 16.4. The molecule has 1 unspecified atom stereocenters. The van der Waals surface area contributed by atoms with Crippen LogP contribution in [0.25, 0.3) is 16.7 Å². The van der Waals surface area contributed by atoms with Crippen LogP contribution in [0.2, 0.25) is 0 Å². The zero-order valence-electron chi connectivity index (χ0n) is 14.4. The number of anilines is 1. The number of urea groups is 1. The number of carbonyl (C=O) groups excluding carboxylic acids is 1. The van der Waals surface area contributed by atoms with Crippen LogP contribution < -0.4 is 11.1 Å². The summed E-state index contributed by atoms with van der Waals surface area (Å²) >= 11 is 0. The number of aromatic nitrogens is 3. The standard InChI is InChI=1S/C19H17N5O3/c25-18(21-13-5-8-22-10-7-20-17(22)11-13)23-9-6-14(12-23)24-15-3-1-2-4-16(15)27-19(24)26/h1-5,7-8,10-11,14H,6,9,12H2,(H,21,25). The van der Waals surface area contributed by atoms with Gasteiger partial charge >= 0.3 is 11.8 Å². The quantitative estimate of drug-likeness (QED) is 0.593. The number of oxazole rings is 1. The van der Waals surface area contributed by atoms with E-state index in [1.54, 1.807) is 21.7 Å². The fourth-order valence-electron chi connectivity index (χ4n) is 3.66. The Hall–Kier alpha value is -3.55. The van der Waals surface area contributed by atoms with E-state index in [1.165, 1.54) is 0 Å². The predicted octanol–water partition coefficient (Wildman–Crippen LogP) is 2.72. The van der Waals surface area contributed by atoms with Gasteiger partial charge in [-0.2, -0.15) is 0 Å². The highest BCUT2D eigenvalue weighted by Crippen LogP contribution is 2.25. The Labute approximate surface area is 153 Å². The van der Waals surface area contributed by atoms with E-state index in [2.05, 4.69) is 10.3 Å². The van der Waals surface area contributed by atoms with Gasteiger partial charge in [-0.05, 0) is 24.6 Å². The molecule has 1 N–H and O–H groups in total. The number of amides is 2. The van der Waals surface area contributed by atoms with Crippen LogP contribution in [0.3, 0.4) is 0 Å². The van der Waals surface area contributed by atoms with Crippen LogP contribution in [0.5, 0.6) is 0 Å². The first-order valence-corrected chi connectivity index (χ1v) is 8.78. The van der Waals surface area contributed by atoms with Crippen molar-refractivity contribution in [2.75, 3.05) is 18.4 Å². The Bertz CT molecular complexity index is 1200. The lowest BCUT2D eigenvalue weighted by Gasteiger charge is -2.17. The molecule has 1 atom stereocenters. The van der Waals surface area contributed by atoms with Crippen LogP contribution in [-0.2, 0) is 0 Å². The van der Waals surface area contributed by atoms with Gasteiger partial charge in [-0.3, -0.25) is 4.57 Å². The molecule has 5 rings (SSSR count). The van der Waals surface area contributed by atoms with Crippen molar-refractivity contribution in [2.45, 2.75) is 12.5 Å². The van der Waals surface area contributed by atoms with Crippen molar-refractivity contribution in [1.29, 1.82) is 0 Å². The first-order valence-electron chi connectivity index (χ1n) is 8.78. The molecule has 0 bridgehead atoms. The van der Waals surface area contributed by atoms with Crippen LogP contribution in [0.4, 0.5) is 10.5 Å². The lowest BCUT2D eigenvalue weighted by molar-refractivity contribution is 0.220. The van der Waals surface area contributed by atoms with Crippen molar-refractivity contribution >= 4 is 28.5 Å². The number of hydrogen-bond acceptors (Lipinski definition) is 4. The minimum Gasteiger partial charge on any atom is -0.408 e. The average molecular weight is 363 g/mol. The van der Waals surface area contributed by atoms with E-state index >= 15 is 0 Å². The first-order chi connectivity index (χ1) is 13.2. The number of imidazole rings is 1. The maximum absolute atomic E-state index is 12.6. The maximum Gasteiger partial charge on any atom is 0.420 e. The number of nitrogens with zero attached hydrogens (tertiary/aromatic N) is 4. The van der Waals surface area contributed by atoms with Crippen molar-refractivity contribution in [1.82, 2.24) is 18.9 Å². The van der Waals surface area contributed by atoms with Gasteiger partial charge in [0.05, 0.1) is 11.6 Å². The largest absolute Gasteiger partial charge is 0.420 e. The Morgan fingerprint density at radius 1 is 1.22 bits per heavy atom. The Morgan fingerprint density at radius 3 is 3.04 bits per heavy atom. The number of nitrogens with one attached hydrogen (secondary N) is 1.